The lowest BCUT2D eigenvalue weighted by molar-refractivity contribution is -0.119. The summed E-state index contributed by atoms with van der Waals surface area (Å²) < 4.78 is 0. The number of hydroxylamine groups is 1. The van der Waals surface area contributed by atoms with E-state index in [0.717, 1.165) is 24.1 Å². The Bertz CT molecular complexity index is 422. The molecule has 1 aliphatic carbocycles. The van der Waals surface area contributed by atoms with Crippen LogP contribution in [0.4, 0.5) is 5.69 Å². The highest BCUT2D eigenvalue weighted by Crippen LogP contribution is 2.45. The smallest absolute Gasteiger partial charge is 0.253 e. The van der Waals surface area contributed by atoms with Gasteiger partial charge in [-0.15, -0.1) is 0 Å². The molecule has 16 heavy (non-hydrogen) atoms. The van der Waals surface area contributed by atoms with Crippen LogP contribution in [0.2, 0.25) is 0 Å². The SMILES string of the molecule is O=C1CCON1c1ccc(C2(O)CC2)cc1. The van der Waals surface area contributed by atoms with Crippen LogP contribution in [0.25, 0.3) is 0 Å². The van der Waals surface area contributed by atoms with E-state index in [-0.39, 0.29) is 5.91 Å². The van der Waals surface area contributed by atoms with E-state index in [4.69, 9.17) is 4.84 Å². The lowest BCUT2D eigenvalue weighted by atomic mass is 10.1. The maximum absolute atomic E-state index is 11.4. The summed E-state index contributed by atoms with van der Waals surface area (Å²) in [5.41, 5.74) is 1.03. The molecule has 1 heterocycles. The molecular weight excluding hydrogens is 206 g/mol. The molecule has 1 aliphatic heterocycles. The van der Waals surface area contributed by atoms with Crippen LogP contribution >= 0.6 is 0 Å². The summed E-state index contributed by atoms with van der Waals surface area (Å²) in [5.74, 6) is -0.0158. The maximum atomic E-state index is 11.4. The van der Waals surface area contributed by atoms with E-state index < -0.39 is 5.60 Å². The lowest BCUT2D eigenvalue weighted by Crippen LogP contribution is -2.22. The molecule has 4 nitrogen and oxygen atoms in total. The third-order valence-electron chi connectivity index (χ3n) is 3.13. The Morgan fingerprint density at radius 2 is 1.94 bits per heavy atom. The van der Waals surface area contributed by atoms with Crippen LogP contribution in [0.1, 0.15) is 24.8 Å². The van der Waals surface area contributed by atoms with Crippen molar-refractivity contribution in [3.8, 4) is 0 Å². The summed E-state index contributed by atoms with van der Waals surface area (Å²) in [6.45, 7) is 0.449. The van der Waals surface area contributed by atoms with E-state index in [0.29, 0.717) is 13.0 Å². The van der Waals surface area contributed by atoms with Gasteiger partial charge in [-0.05, 0) is 30.5 Å². The Morgan fingerprint density at radius 3 is 2.44 bits per heavy atom. The van der Waals surface area contributed by atoms with Gasteiger partial charge in [-0.3, -0.25) is 9.63 Å². The van der Waals surface area contributed by atoms with Crippen LogP contribution in [-0.4, -0.2) is 17.6 Å². The molecule has 4 heteroatoms. The Labute approximate surface area is 93.4 Å². The third-order valence-corrected chi connectivity index (χ3v) is 3.13. The number of hydrogen-bond acceptors (Lipinski definition) is 3. The molecule has 2 aliphatic rings. The van der Waals surface area contributed by atoms with Crippen molar-refractivity contribution >= 4 is 11.6 Å². The first-order valence-corrected chi connectivity index (χ1v) is 5.48. The second kappa shape index (κ2) is 3.30. The molecule has 0 aromatic heterocycles. The normalized spacial score (nSPS) is 22.6. The van der Waals surface area contributed by atoms with Gasteiger partial charge in [0.05, 0.1) is 24.3 Å². The van der Waals surface area contributed by atoms with E-state index in [2.05, 4.69) is 0 Å². The van der Waals surface area contributed by atoms with Crippen LogP contribution < -0.4 is 5.06 Å². The van der Waals surface area contributed by atoms with Gasteiger partial charge in [0, 0.05) is 0 Å². The Kier molecular flexibility index (Phi) is 2.02. The largest absolute Gasteiger partial charge is 0.385 e. The Morgan fingerprint density at radius 1 is 1.25 bits per heavy atom. The fourth-order valence-electron chi connectivity index (χ4n) is 1.93. The van der Waals surface area contributed by atoms with Gasteiger partial charge in [-0.1, -0.05) is 12.1 Å². The molecule has 1 amide bonds. The first-order valence-electron chi connectivity index (χ1n) is 5.48. The number of nitrogens with zero attached hydrogens (tertiary/aromatic N) is 1. The van der Waals surface area contributed by atoms with Gasteiger partial charge in [0.25, 0.3) is 5.91 Å². The topological polar surface area (TPSA) is 49.8 Å². The number of anilines is 1. The molecule has 3 rings (SSSR count). The van der Waals surface area contributed by atoms with Crippen LogP contribution in [0, 0.1) is 0 Å². The van der Waals surface area contributed by atoms with Crippen molar-refractivity contribution in [1.82, 2.24) is 0 Å². The fraction of sp³-hybridized carbons (Fsp3) is 0.417. The molecule has 0 unspecified atom stereocenters. The maximum Gasteiger partial charge on any atom is 0.253 e. The van der Waals surface area contributed by atoms with Crippen LogP contribution in [0.15, 0.2) is 24.3 Å². The predicted octanol–water partition coefficient (Wildman–Crippen LogP) is 1.34. The van der Waals surface area contributed by atoms with Gasteiger partial charge in [-0.25, -0.2) is 0 Å². The Hall–Kier alpha value is -1.39. The van der Waals surface area contributed by atoms with E-state index in [9.17, 15) is 9.90 Å². The summed E-state index contributed by atoms with van der Waals surface area (Å²) >= 11 is 0. The monoisotopic (exact) mass is 219 g/mol. The van der Waals surface area contributed by atoms with Gasteiger partial charge >= 0.3 is 0 Å². The van der Waals surface area contributed by atoms with Crippen molar-refractivity contribution in [2.75, 3.05) is 11.7 Å². The van der Waals surface area contributed by atoms with E-state index in [1.54, 1.807) is 0 Å². The zero-order valence-corrected chi connectivity index (χ0v) is 8.85. The highest BCUT2D eigenvalue weighted by atomic mass is 16.7. The quantitative estimate of drug-likeness (QED) is 0.816. The number of hydrogen-bond donors (Lipinski definition) is 1. The summed E-state index contributed by atoms with van der Waals surface area (Å²) in [5, 5.41) is 11.2. The van der Waals surface area contributed by atoms with Crippen molar-refractivity contribution in [1.29, 1.82) is 0 Å². The molecule has 0 atom stereocenters. The molecule has 1 aromatic rings. The fourth-order valence-corrected chi connectivity index (χ4v) is 1.93. The highest BCUT2D eigenvalue weighted by Gasteiger charge is 2.42. The molecule has 2 fully saturated rings. The number of carbonyl (C=O) groups excluding carboxylic acids is 1. The van der Waals surface area contributed by atoms with Crippen LogP contribution in [0.5, 0.6) is 0 Å². The number of carbonyl (C=O) groups is 1. The summed E-state index contributed by atoms with van der Waals surface area (Å²) in [7, 11) is 0. The zero-order valence-electron chi connectivity index (χ0n) is 8.85. The second-order valence-electron chi connectivity index (χ2n) is 4.35. The number of aliphatic hydroxyl groups is 1. The lowest BCUT2D eigenvalue weighted by Gasteiger charge is -2.15. The third kappa shape index (κ3) is 1.50. The molecule has 0 spiro atoms. The van der Waals surface area contributed by atoms with Crippen molar-refractivity contribution in [2.24, 2.45) is 0 Å². The van der Waals surface area contributed by atoms with Crippen LogP contribution in [0.3, 0.4) is 0 Å². The van der Waals surface area contributed by atoms with Gasteiger partial charge in [0.1, 0.15) is 0 Å². The Balaban J connectivity index is 1.84. The first kappa shape index (κ1) is 9.81. The molecule has 1 N–H and O–H groups in total. The van der Waals surface area contributed by atoms with Gasteiger partial charge < -0.3 is 5.11 Å². The average Bonchev–Trinajstić information content (AvgIpc) is 2.90. The minimum absolute atomic E-state index is 0.0158. The average molecular weight is 219 g/mol. The van der Waals surface area contributed by atoms with E-state index >= 15 is 0 Å². The molecule has 1 saturated heterocycles. The second-order valence-corrected chi connectivity index (χ2v) is 4.35. The van der Waals surface area contributed by atoms with Crippen LogP contribution in [-0.2, 0) is 15.2 Å². The van der Waals surface area contributed by atoms with Crippen molar-refractivity contribution < 1.29 is 14.7 Å². The van der Waals surface area contributed by atoms with Gasteiger partial charge in [-0.2, -0.15) is 5.06 Å². The molecular formula is C12H13NO3. The zero-order chi connectivity index (χ0) is 11.2. The molecule has 0 radical (unpaired) electrons. The number of benzene rings is 1. The van der Waals surface area contributed by atoms with Crippen molar-refractivity contribution in [3.63, 3.8) is 0 Å². The minimum Gasteiger partial charge on any atom is -0.385 e. The van der Waals surface area contributed by atoms with Gasteiger partial charge in [0.15, 0.2) is 0 Å². The molecule has 84 valence electrons. The van der Waals surface area contributed by atoms with E-state index in [1.807, 2.05) is 24.3 Å². The standard InChI is InChI=1S/C12H13NO3/c14-11-5-8-16-13(11)10-3-1-9(2-4-10)12(15)6-7-12/h1-4,15H,5-8H2. The summed E-state index contributed by atoms with van der Waals surface area (Å²) in [6, 6.07) is 7.35. The molecule has 0 bridgehead atoms. The minimum atomic E-state index is -0.617. The summed E-state index contributed by atoms with van der Waals surface area (Å²) in [4.78, 5) is 16.6. The molecule has 1 saturated carbocycles. The van der Waals surface area contributed by atoms with E-state index in [1.165, 1.54) is 5.06 Å². The first-order chi connectivity index (χ1) is 7.69. The molecule has 1 aromatic carbocycles. The summed E-state index contributed by atoms with van der Waals surface area (Å²) in [6.07, 6.45) is 2.09. The van der Waals surface area contributed by atoms with Crippen molar-refractivity contribution in [3.05, 3.63) is 29.8 Å². The highest BCUT2D eigenvalue weighted by molar-refractivity contribution is 5.92. The number of rotatable bonds is 2. The predicted molar refractivity (Wildman–Crippen MR) is 57.6 cm³/mol. The van der Waals surface area contributed by atoms with Gasteiger partial charge in [0.2, 0.25) is 0 Å². The number of amides is 1. The van der Waals surface area contributed by atoms with Crippen molar-refractivity contribution in [2.45, 2.75) is 24.9 Å².